The van der Waals surface area contributed by atoms with E-state index in [1.165, 1.54) is 11.2 Å². The zero-order valence-corrected chi connectivity index (χ0v) is 11.7. The molecule has 6 atom stereocenters. The van der Waals surface area contributed by atoms with Crippen LogP contribution in [0.25, 0.3) is 0 Å². The van der Waals surface area contributed by atoms with E-state index < -0.39 is 42.9 Å². The van der Waals surface area contributed by atoms with Crippen molar-refractivity contribution in [2.75, 3.05) is 6.61 Å². The monoisotopic (exact) mass is 310 g/mol. The maximum absolute atomic E-state index is 14.4. The summed E-state index contributed by atoms with van der Waals surface area (Å²) in [7, 11) is 0. The highest BCUT2D eigenvalue weighted by Crippen LogP contribution is 2.36. The van der Waals surface area contributed by atoms with Gasteiger partial charge in [-0.05, 0) is 6.92 Å². The highest BCUT2D eigenvalue weighted by molar-refractivity contribution is 6.03. The summed E-state index contributed by atoms with van der Waals surface area (Å²) >= 11 is 0. The zero-order valence-electron chi connectivity index (χ0n) is 11.7. The first-order valence-corrected chi connectivity index (χ1v) is 6.68. The van der Waals surface area contributed by atoms with Crippen LogP contribution < -0.4 is 5.32 Å². The van der Waals surface area contributed by atoms with E-state index >= 15 is 0 Å². The number of aliphatic hydroxyl groups is 2. The van der Waals surface area contributed by atoms with Gasteiger partial charge < -0.3 is 25.2 Å². The number of alkyl halides is 1. The molecule has 22 heavy (non-hydrogen) atoms. The van der Waals surface area contributed by atoms with E-state index in [0.717, 1.165) is 0 Å². The van der Waals surface area contributed by atoms with Crippen LogP contribution in [0.1, 0.15) is 6.92 Å². The quantitative estimate of drug-likeness (QED) is 0.511. The van der Waals surface area contributed by atoms with E-state index in [-0.39, 0.29) is 5.91 Å². The molecule has 1 amide bonds. The summed E-state index contributed by atoms with van der Waals surface area (Å²) in [6.45, 7) is 0.866. The smallest absolute Gasteiger partial charge is 0.254 e. The average Bonchev–Trinajstić information content (AvgIpc) is 3.01. The maximum Gasteiger partial charge on any atom is 0.254 e. The van der Waals surface area contributed by atoms with Crippen LogP contribution in [0, 0.1) is 12.3 Å². The summed E-state index contributed by atoms with van der Waals surface area (Å²) in [5.74, 6) is 2.13. The molecule has 0 spiro atoms. The van der Waals surface area contributed by atoms with Crippen molar-refractivity contribution in [3.05, 3.63) is 0 Å². The fourth-order valence-corrected chi connectivity index (χ4v) is 2.78. The Hall–Kier alpha value is -2.02. The van der Waals surface area contributed by atoms with Crippen LogP contribution in [0.15, 0.2) is 9.98 Å². The van der Waals surface area contributed by atoms with Crippen LogP contribution >= 0.6 is 0 Å². The first kappa shape index (κ1) is 14.9. The molecule has 0 aromatic carbocycles. The van der Waals surface area contributed by atoms with Crippen LogP contribution in [0.4, 0.5) is 4.39 Å². The number of fused-ring (bicyclic) bond motifs is 1. The topological polar surface area (TPSA) is 107 Å². The number of amides is 1. The second kappa shape index (κ2) is 5.01. The SMILES string of the molecule is C#C[C@]1(CO)O[C@@H](N2C=NC3C(=O)NC(C)=NC32)[C@H](F)[C@@H]1O. The Balaban J connectivity index is 1.90. The Morgan fingerprint density at radius 2 is 2.41 bits per heavy atom. The molecule has 3 N–H and O–H groups in total. The molecule has 0 aliphatic carbocycles. The van der Waals surface area contributed by atoms with Crippen LogP contribution in [0.2, 0.25) is 0 Å². The molecule has 1 fully saturated rings. The fourth-order valence-electron chi connectivity index (χ4n) is 2.78. The van der Waals surface area contributed by atoms with Gasteiger partial charge in [-0.1, -0.05) is 5.92 Å². The van der Waals surface area contributed by atoms with Gasteiger partial charge in [-0.25, -0.2) is 9.38 Å². The molecule has 0 aromatic rings. The van der Waals surface area contributed by atoms with Crippen LogP contribution in [0.3, 0.4) is 0 Å². The first-order chi connectivity index (χ1) is 10.4. The highest BCUT2D eigenvalue weighted by Gasteiger charge is 2.58. The zero-order chi connectivity index (χ0) is 16.1. The largest absolute Gasteiger partial charge is 0.392 e. The molecule has 3 rings (SSSR count). The lowest BCUT2D eigenvalue weighted by atomic mass is 9.98. The third kappa shape index (κ3) is 1.92. The normalized spacial score (nSPS) is 43.6. The standard InChI is InChI=1S/C13H15FN4O4/c1-3-13(4-19)9(20)7(14)12(22-13)18-5-15-8-10(18)16-6(2)17-11(8)21/h1,5,7-10,12,19-20H,4H2,2H3,(H,16,17,21)/t7-,8?,9+,10?,12-,13-/m1/s1. The van der Waals surface area contributed by atoms with Crippen molar-refractivity contribution in [1.82, 2.24) is 10.2 Å². The number of aliphatic hydroxyl groups excluding tert-OH is 2. The molecule has 0 aromatic heterocycles. The number of aliphatic imine (C=N–C) groups is 2. The second-order valence-electron chi connectivity index (χ2n) is 5.36. The molecule has 1 saturated heterocycles. The van der Waals surface area contributed by atoms with E-state index in [1.54, 1.807) is 6.92 Å². The number of hydrogen-bond donors (Lipinski definition) is 3. The number of carbonyl (C=O) groups excluding carboxylic acids is 1. The van der Waals surface area contributed by atoms with Crippen LogP contribution in [0.5, 0.6) is 0 Å². The van der Waals surface area contributed by atoms with Crippen molar-refractivity contribution in [2.45, 2.75) is 43.2 Å². The van der Waals surface area contributed by atoms with E-state index in [2.05, 4.69) is 21.2 Å². The summed E-state index contributed by atoms with van der Waals surface area (Å²) in [5, 5.41) is 21.8. The Morgan fingerprint density at radius 3 is 3.00 bits per heavy atom. The molecule has 118 valence electrons. The van der Waals surface area contributed by atoms with E-state index in [9.17, 15) is 19.4 Å². The molecule has 2 unspecified atom stereocenters. The summed E-state index contributed by atoms with van der Waals surface area (Å²) in [6.07, 6.45) is 0.886. The number of amidine groups is 1. The minimum atomic E-state index is -1.88. The number of halogens is 1. The second-order valence-corrected chi connectivity index (χ2v) is 5.36. The van der Waals surface area contributed by atoms with Crippen molar-refractivity contribution in [2.24, 2.45) is 9.98 Å². The Kier molecular flexibility index (Phi) is 3.40. The molecule has 0 saturated carbocycles. The van der Waals surface area contributed by atoms with Gasteiger partial charge in [-0.3, -0.25) is 9.79 Å². The first-order valence-electron chi connectivity index (χ1n) is 6.68. The maximum atomic E-state index is 14.4. The Labute approximate surface area is 125 Å². The lowest BCUT2D eigenvalue weighted by Crippen LogP contribution is -2.54. The van der Waals surface area contributed by atoms with Gasteiger partial charge in [-0.2, -0.15) is 0 Å². The van der Waals surface area contributed by atoms with E-state index in [1.807, 2.05) is 0 Å². The van der Waals surface area contributed by atoms with Gasteiger partial charge in [-0.15, -0.1) is 6.42 Å². The highest BCUT2D eigenvalue weighted by atomic mass is 19.1. The number of terminal acetylenes is 1. The molecule has 3 aliphatic heterocycles. The molecule has 8 nitrogen and oxygen atoms in total. The minimum absolute atomic E-state index is 0.351. The number of hydrogen-bond acceptors (Lipinski definition) is 7. The average molecular weight is 310 g/mol. The summed E-state index contributed by atoms with van der Waals surface area (Å²) in [4.78, 5) is 21.4. The lowest BCUT2D eigenvalue weighted by Gasteiger charge is -2.32. The van der Waals surface area contributed by atoms with Gasteiger partial charge in [0.15, 0.2) is 30.2 Å². The molecule has 0 radical (unpaired) electrons. The molecule has 9 heteroatoms. The van der Waals surface area contributed by atoms with Gasteiger partial charge in [0.2, 0.25) is 0 Å². The Bertz CT molecular complexity index is 603. The van der Waals surface area contributed by atoms with Crippen LogP contribution in [-0.2, 0) is 9.53 Å². The molecule has 0 bridgehead atoms. The number of ether oxygens (including phenoxy) is 1. The predicted octanol–water partition coefficient (Wildman–Crippen LogP) is -2.01. The number of carbonyl (C=O) groups is 1. The van der Waals surface area contributed by atoms with Gasteiger partial charge in [0.25, 0.3) is 5.91 Å². The van der Waals surface area contributed by atoms with E-state index in [4.69, 9.17) is 11.2 Å². The van der Waals surface area contributed by atoms with E-state index in [0.29, 0.717) is 5.84 Å². The number of nitrogens with zero attached hydrogens (tertiary/aromatic N) is 3. The third-order valence-electron chi connectivity index (χ3n) is 4.00. The summed E-state index contributed by atoms with van der Waals surface area (Å²) in [5.41, 5.74) is -1.83. The van der Waals surface area contributed by atoms with Crippen molar-refractivity contribution in [1.29, 1.82) is 0 Å². The van der Waals surface area contributed by atoms with Crippen molar-refractivity contribution in [3.63, 3.8) is 0 Å². The lowest BCUT2D eigenvalue weighted by molar-refractivity contribution is -0.125. The molecule has 3 aliphatic rings. The number of rotatable bonds is 2. The van der Waals surface area contributed by atoms with Crippen LogP contribution in [-0.4, -0.2) is 76.1 Å². The van der Waals surface area contributed by atoms with Crippen molar-refractivity contribution < 1.29 is 24.1 Å². The Morgan fingerprint density at radius 1 is 1.68 bits per heavy atom. The predicted molar refractivity (Wildman–Crippen MR) is 73.6 cm³/mol. The van der Waals surface area contributed by atoms with Gasteiger partial charge in [0, 0.05) is 0 Å². The van der Waals surface area contributed by atoms with Gasteiger partial charge in [0.05, 0.1) is 12.9 Å². The molecular formula is C13H15FN4O4. The van der Waals surface area contributed by atoms with Crippen molar-refractivity contribution in [3.8, 4) is 12.3 Å². The third-order valence-corrected chi connectivity index (χ3v) is 4.00. The molecule has 3 heterocycles. The number of nitrogens with one attached hydrogen (secondary N) is 1. The molecular weight excluding hydrogens is 295 g/mol. The van der Waals surface area contributed by atoms with Crippen molar-refractivity contribution >= 4 is 18.1 Å². The van der Waals surface area contributed by atoms with Gasteiger partial charge >= 0.3 is 0 Å². The minimum Gasteiger partial charge on any atom is -0.392 e. The fraction of sp³-hybridized carbons (Fsp3) is 0.615. The van der Waals surface area contributed by atoms with Gasteiger partial charge in [0.1, 0.15) is 11.9 Å². The summed E-state index contributed by atoms with van der Waals surface area (Å²) in [6, 6.07) is -0.813. The summed E-state index contributed by atoms with van der Waals surface area (Å²) < 4.78 is 19.8.